The molecular weight excluding hydrogens is 274 g/mol. The molecule has 1 aromatic rings. The maximum atomic E-state index is 12.3. The van der Waals surface area contributed by atoms with Gasteiger partial charge in [-0.1, -0.05) is 11.6 Å². The third-order valence-electron chi connectivity index (χ3n) is 1.72. The zero-order valence-corrected chi connectivity index (χ0v) is 8.66. The molecule has 1 rings (SSSR count). The summed E-state index contributed by atoms with van der Waals surface area (Å²) in [5.74, 6) is 0. The van der Waals surface area contributed by atoms with E-state index in [1.54, 1.807) is 0 Å². The fraction of sp³-hybridized carbons (Fsp3) is 0.250. The topological polar surface area (TPSA) is 29.3 Å². The van der Waals surface area contributed by atoms with E-state index in [1.807, 2.05) is 0 Å². The molecule has 9 heteroatoms. The number of anilines is 2. The number of nitrogens with zero attached hydrogens (tertiary/aromatic N) is 1. The van der Waals surface area contributed by atoms with E-state index in [-0.39, 0.29) is 5.69 Å². The van der Waals surface area contributed by atoms with Gasteiger partial charge in [0.25, 0.3) is 0 Å². The second-order valence-electron chi connectivity index (χ2n) is 2.98. The summed E-state index contributed by atoms with van der Waals surface area (Å²) in [6, 6.07) is 2.46. The standard InChI is InChI=1S/C8H5ClF6N2/c9-5-2-1-4(16)3-6(5)17(7(10,11)12)8(13,14)15/h1-3H,16H2. The van der Waals surface area contributed by atoms with Gasteiger partial charge in [-0.15, -0.1) is 26.3 Å². The number of nitrogen functional groups attached to an aromatic ring is 1. The summed E-state index contributed by atoms with van der Waals surface area (Å²) in [6.07, 6.45) is -11.3. The smallest absolute Gasteiger partial charge is 0.399 e. The van der Waals surface area contributed by atoms with Gasteiger partial charge in [-0.25, -0.2) is 0 Å². The van der Waals surface area contributed by atoms with E-state index in [0.717, 1.165) is 12.1 Å². The Balaban J connectivity index is 3.38. The Kier molecular flexibility index (Phi) is 3.37. The minimum absolute atomic E-state index is 0.261. The van der Waals surface area contributed by atoms with Crippen molar-refractivity contribution in [1.29, 1.82) is 0 Å². The predicted molar refractivity (Wildman–Crippen MR) is 50.5 cm³/mol. The number of alkyl halides is 6. The van der Waals surface area contributed by atoms with Gasteiger partial charge in [-0.2, -0.15) is 4.90 Å². The fourth-order valence-corrected chi connectivity index (χ4v) is 1.32. The normalized spacial score (nSPS) is 12.6. The monoisotopic (exact) mass is 278 g/mol. The highest BCUT2D eigenvalue weighted by Crippen LogP contribution is 2.42. The minimum atomic E-state index is -5.64. The Morgan fingerprint density at radius 2 is 1.47 bits per heavy atom. The molecule has 0 spiro atoms. The first-order valence-corrected chi connectivity index (χ1v) is 4.40. The van der Waals surface area contributed by atoms with Crippen molar-refractivity contribution >= 4 is 23.0 Å². The van der Waals surface area contributed by atoms with E-state index >= 15 is 0 Å². The van der Waals surface area contributed by atoms with Crippen LogP contribution in [-0.2, 0) is 0 Å². The molecule has 0 aliphatic heterocycles. The second kappa shape index (κ2) is 4.17. The van der Waals surface area contributed by atoms with E-state index in [0.29, 0.717) is 6.07 Å². The van der Waals surface area contributed by atoms with Gasteiger partial charge in [0, 0.05) is 5.69 Å². The van der Waals surface area contributed by atoms with Gasteiger partial charge >= 0.3 is 12.6 Å². The van der Waals surface area contributed by atoms with Crippen LogP contribution in [0, 0.1) is 0 Å². The minimum Gasteiger partial charge on any atom is -0.399 e. The number of halogens is 7. The first-order chi connectivity index (χ1) is 7.53. The Hall–Kier alpha value is -1.31. The molecule has 0 saturated heterocycles. The lowest BCUT2D eigenvalue weighted by Gasteiger charge is -2.29. The average Bonchev–Trinajstić information content (AvgIpc) is 2.06. The van der Waals surface area contributed by atoms with Gasteiger partial charge in [0.15, 0.2) is 0 Å². The lowest BCUT2D eigenvalue weighted by molar-refractivity contribution is -0.226. The van der Waals surface area contributed by atoms with E-state index in [1.165, 1.54) is 0 Å². The average molecular weight is 279 g/mol. The maximum Gasteiger partial charge on any atom is 0.491 e. The van der Waals surface area contributed by atoms with Crippen molar-refractivity contribution in [3.05, 3.63) is 23.2 Å². The van der Waals surface area contributed by atoms with Crippen molar-refractivity contribution in [3.63, 3.8) is 0 Å². The van der Waals surface area contributed by atoms with Crippen LogP contribution in [0.2, 0.25) is 5.02 Å². The van der Waals surface area contributed by atoms with Crippen LogP contribution in [0.5, 0.6) is 0 Å². The number of rotatable bonds is 1. The molecular formula is C8H5ClF6N2. The zero-order chi connectivity index (χ0) is 13.4. The second-order valence-corrected chi connectivity index (χ2v) is 3.39. The Morgan fingerprint density at radius 1 is 1.00 bits per heavy atom. The summed E-state index contributed by atoms with van der Waals surface area (Å²) in [4.78, 5) is -1.70. The molecule has 0 unspecified atom stereocenters. The Bertz CT molecular complexity index is 399. The molecule has 0 fully saturated rings. The van der Waals surface area contributed by atoms with Crippen LogP contribution in [0.15, 0.2) is 18.2 Å². The predicted octanol–water partition coefficient (Wildman–Crippen LogP) is 3.77. The van der Waals surface area contributed by atoms with Crippen LogP contribution in [-0.4, -0.2) is 12.6 Å². The molecule has 96 valence electrons. The molecule has 0 amide bonds. The summed E-state index contributed by atoms with van der Waals surface area (Å²) in [7, 11) is 0. The third kappa shape index (κ3) is 3.09. The summed E-state index contributed by atoms with van der Waals surface area (Å²) in [5, 5.41) is -0.700. The van der Waals surface area contributed by atoms with Crippen molar-refractivity contribution in [3.8, 4) is 0 Å². The van der Waals surface area contributed by atoms with Crippen molar-refractivity contribution in [2.24, 2.45) is 0 Å². The van der Waals surface area contributed by atoms with Crippen LogP contribution >= 0.6 is 11.6 Å². The quantitative estimate of drug-likeness (QED) is 0.481. The first kappa shape index (κ1) is 13.8. The lowest BCUT2D eigenvalue weighted by Crippen LogP contribution is -2.48. The van der Waals surface area contributed by atoms with E-state index in [2.05, 4.69) is 0 Å². The Labute approximate surface area is 96.6 Å². The van der Waals surface area contributed by atoms with E-state index in [4.69, 9.17) is 17.3 Å². The number of nitrogens with two attached hydrogens (primary N) is 1. The van der Waals surface area contributed by atoms with Crippen LogP contribution in [0.25, 0.3) is 0 Å². The van der Waals surface area contributed by atoms with E-state index in [9.17, 15) is 26.3 Å². The van der Waals surface area contributed by atoms with Crippen LogP contribution in [0.1, 0.15) is 0 Å². The largest absolute Gasteiger partial charge is 0.491 e. The maximum absolute atomic E-state index is 12.3. The molecule has 1 aromatic carbocycles. The molecule has 17 heavy (non-hydrogen) atoms. The third-order valence-corrected chi connectivity index (χ3v) is 2.04. The van der Waals surface area contributed by atoms with Crippen molar-refractivity contribution in [2.75, 3.05) is 10.6 Å². The molecule has 0 aromatic heterocycles. The van der Waals surface area contributed by atoms with Crippen LogP contribution in [0.3, 0.4) is 0 Å². The fourth-order valence-electron chi connectivity index (χ4n) is 1.12. The lowest BCUT2D eigenvalue weighted by atomic mass is 10.2. The van der Waals surface area contributed by atoms with Crippen molar-refractivity contribution < 1.29 is 26.3 Å². The van der Waals surface area contributed by atoms with Crippen molar-refractivity contribution in [2.45, 2.75) is 12.6 Å². The van der Waals surface area contributed by atoms with Gasteiger partial charge in [0.05, 0.1) is 10.7 Å². The molecule has 2 nitrogen and oxygen atoms in total. The summed E-state index contributed by atoms with van der Waals surface area (Å²) >= 11 is 5.31. The van der Waals surface area contributed by atoms with Gasteiger partial charge in [0.1, 0.15) is 0 Å². The number of hydrogen-bond donors (Lipinski definition) is 1. The van der Waals surface area contributed by atoms with Gasteiger partial charge in [0.2, 0.25) is 0 Å². The number of benzene rings is 1. The first-order valence-electron chi connectivity index (χ1n) is 4.02. The molecule has 0 radical (unpaired) electrons. The molecule has 0 bridgehead atoms. The zero-order valence-electron chi connectivity index (χ0n) is 7.90. The molecule has 0 saturated carbocycles. The molecule has 0 heterocycles. The van der Waals surface area contributed by atoms with Gasteiger partial charge in [-0.05, 0) is 18.2 Å². The SMILES string of the molecule is Nc1ccc(Cl)c(N(C(F)(F)F)C(F)(F)F)c1. The van der Waals surface area contributed by atoms with Crippen LogP contribution in [0.4, 0.5) is 37.7 Å². The molecule has 0 aliphatic rings. The molecule has 0 atom stereocenters. The van der Waals surface area contributed by atoms with Crippen molar-refractivity contribution in [1.82, 2.24) is 0 Å². The molecule has 2 N–H and O–H groups in total. The number of hydrogen-bond acceptors (Lipinski definition) is 2. The Morgan fingerprint density at radius 3 is 1.88 bits per heavy atom. The highest BCUT2D eigenvalue weighted by molar-refractivity contribution is 6.33. The van der Waals surface area contributed by atoms with Gasteiger partial charge in [-0.3, -0.25) is 0 Å². The highest BCUT2D eigenvalue weighted by atomic mass is 35.5. The van der Waals surface area contributed by atoms with Gasteiger partial charge < -0.3 is 5.73 Å². The summed E-state index contributed by atoms with van der Waals surface area (Å²) in [5.41, 5.74) is 3.61. The molecule has 0 aliphatic carbocycles. The van der Waals surface area contributed by atoms with E-state index < -0.39 is 28.2 Å². The van der Waals surface area contributed by atoms with Crippen LogP contribution < -0.4 is 10.6 Å². The summed E-state index contributed by atoms with van der Waals surface area (Å²) in [6.45, 7) is 0. The summed E-state index contributed by atoms with van der Waals surface area (Å²) < 4.78 is 73.9. The highest BCUT2D eigenvalue weighted by Gasteiger charge is 2.54.